The number of benzene rings is 1. The summed E-state index contributed by atoms with van der Waals surface area (Å²) in [5, 5.41) is 8.94. The Morgan fingerprint density at radius 3 is 2.80 bits per heavy atom. The summed E-state index contributed by atoms with van der Waals surface area (Å²) in [6, 6.07) is 14.6. The normalized spacial score (nSPS) is 11.3. The van der Waals surface area contributed by atoms with Crippen molar-refractivity contribution in [2.75, 3.05) is 0 Å². The predicted octanol–water partition coefficient (Wildman–Crippen LogP) is 2.92. The molecule has 2 aromatic heterocycles. The maximum Gasteiger partial charge on any atom is 0.154 e. The van der Waals surface area contributed by atoms with Crippen molar-refractivity contribution in [3.05, 3.63) is 54.4 Å². The quantitative estimate of drug-likeness (QED) is 0.789. The summed E-state index contributed by atoms with van der Waals surface area (Å²) < 4.78 is 1.88. The van der Waals surface area contributed by atoms with Crippen LogP contribution in [0, 0.1) is 0 Å². The molecule has 102 valence electrons. The van der Waals surface area contributed by atoms with Crippen LogP contribution in [0.5, 0.6) is 0 Å². The van der Waals surface area contributed by atoms with Gasteiger partial charge in [-0.05, 0) is 18.2 Å². The second-order valence-electron chi connectivity index (χ2n) is 5.14. The zero-order chi connectivity index (χ0) is 13.9. The number of hydrogen-bond donors (Lipinski definition) is 1. The molecule has 0 atom stereocenters. The fourth-order valence-corrected chi connectivity index (χ4v) is 2.15. The van der Waals surface area contributed by atoms with Gasteiger partial charge < -0.3 is 5.32 Å². The van der Waals surface area contributed by atoms with Crippen LogP contribution in [0.25, 0.3) is 16.7 Å². The van der Waals surface area contributed by atoms with Gasteiger partial charge in [0.1, 0.15) is 0 Å². The van der Waals surface area contributed by atoms with Crippen LogP contribution in [0.3, 0.4) is 0 Å². The monoisotopic (exact) mass is 266 g/mol. The molecule has 0 saturated carbocycles. The van der Waals surface area contributed by atoms with Crippen molar-refractivity contribution in [1.82, 2.24) is 20.1 Å². The number of hydrogen-bond acceptors (Lipinski definition) is 3. The van der Waals surface area contributed by atoms with Gasteiger partial charge >= 0.3 is 0 Å². The summed E-state index contributed by atoms with van der Waals surface area (Å²) in [6.45, 7) is 5.03. The van der Waals surface area contributed by atoms with Gasteiger partial charge in [0.25, 0.3) is 0 Å². The molecule has 3 rings (SSSR count). The molecule has 4 heteroatoms. The van der Waals surface area contributed by atoms with E-state index < -0.39 is 0 Å². The Kier molecular flexibility index (Phi) is 3.48. The van der Waals surface area contributed by atoms with E-state index in [1.165, 1.54) is 0 Å². The molecule has 0 aliphatic rings. The minimum absolute atomic E-state index is 0.450. The smallest absolute Gasteiger partial charge is 0.154 e. The fraction of sp³-hybridized carbons (Fsp3) is 0.250. The summed E-state index contributed by atoms with van der Waals surface area (Å²) in [6.07, 6.45) is 1.87. The number of fused-ring (bicyclic) bond motifs is 1. The van der Waals surface area contributed by atoms with Crippen molar-refractivity contribution < 1.29 is 0 Å². The van der Waals surface area contributed by atoms with Crippen LogP contribution in [-0.2, 0) is 6.54 Å². The van der Waals surface area contributed by atoms with Crippen LogP contribution in [0.1, 0.15) is 19.5 Å². The van der Waals surface area contributed by atoms with Gasteiger partial charge in [0.15, 0.2) is 5.82 Å². The van der Waals surface area contributed by atoms with Crippen molar-refractivity contribution in [2.45, 2.75) is 26.4 Å². The van der Waals surface area contributed by atoms with Gasteiger partial charge in [0.2, 0.25) is 0 Å². The highest BCUT2D eigenvalue weighted by molar-refractivity contribution is 5.79. The van der Waals surface area contributed by atoms with E-state index in [1.54, 1.807) is 0 Å². The lowest BCUT2D eigenvalue weighted by molar-refractivity contribution is 0.580. The van der Waals surface area contributed by atoms with Crippen molar-refractivity contribution in [3.63, 3.8) is 0 Å². The van der Waals surface area contributed by atoms with Gasteiger partial charge in [-0.1, -0.05) is 38.1 Å². The minimum atomic E-state index is 0.450. The molecule has 3 aromatic rings. The van der Waals surface area contributed by atoms with E-state index in [9.17, 15) is 0 Å². The van der Waals surface area contributed by atoms with E-state index >= 15 is 0 Å². The first kappa shape index (κ1) is 12.8. The van der Waals surface area contributed by atoms with E-state index in [-0.39, 0.29) is 0 Å². The molecule has 1 N–H and O–H groups in total. The van der Waals surface area contributed by atoms with E-state index in [0.29, 0.717) is 6.04 Å². The summed E-state index contributed by atoms with van der Waals surface area (Å²) in [5.74, 6) is 0.856. The summed E-state index contributed by atoms with van der Waals surface area (Å²) in [4.78, 5) is 4.68. The standard InChI is InChI=1S/C16H18N4/c1-12(2)17-11-14-7-5-9-16(19-14)20-15-8-4-3-6-13(15)10-18-20/h3-10,12,17H,11H2,1-2H3. The minimum Gasteiger partial charge on any atom is -0.309 e. The molecule has 0 unspecified atom stereocenters. The third-order valence-corrected chi connectivity index (χ3v) is 3.18. The third-order valence-electron chi connectivity index (χ3n) is 3.18. The van der Waals surface area contributed by atoms with E-state index in [1.807, 2.05) is 41.2 Å². The lowest BCUT2D eigenvalue weighted by atomic mass is 10.2. The molecule has 4 nitrogen and oxygen atoms in total. The van der Waals surface area contributed by atoms with Crippen molar-refractivity contribution >= 4 is 10.9 Å². The summed E-state index contributed by atoms with van der Waals surface area (Å²) in [7, 11) is 0. The van der Waals surface area contributed by atoms with Gasteiger partial charge in [0.05, 0.1) is 17.4 Å². The fourth-order valence-electron chi connectivity index (χ4n) is 2.15. The molecule has 2 heterocycles. The molecule has 0 aliphatic carbocycles. The third kappa shape index (κ3) is 2.56. The van der Waals surface area contributed by atoms with Crippen molar-refractivity contribution in [2.24, 2.45) is 0 Å². The summed E-state index contributed by atoms with van der Waals surface area (Å²) in [5.41, 5.74) is 2.10. The maximum absolute atomic E-state index is 4.68. The number of nitrogens with one attached hydrogen (secondary N) is 1. The van der Waals surface area contributed by atoms with E-state index in [4.69, 9.17) is 0 Å². The average molecular weight is 266 g/mol. The van der Waals surface area contributed by atoms with Crippen LogP contribution >= 0.6 is 0 Å². The van der Waals surface area contributed by atoms with Gasteiger partial charge in [-0.2, -0.15) is 5.10 Å². The Hall–Kier alpha value is -2.20. The SMILES string of the molecule is CC(C)NCc1cccc(-n2ncc3ccccc32)n1. The molecule has 0 bridgehead atoms. The Labute approximate surface area is 118 Å². The van der Waals surface area contributed by atoms with Gasteiger partial charge in [-0.25, -0.2) is 9.67 Å². The highest BCUT2D eigenvalue weighted by Gasteiger charge is 2.06. The molecule has 0 spiro atoms. The predicted molar refractivity (Wildman–Crippen MR) is 80.8 cm³/mol. The maximum atomic E-state index is 4.68. The van der Waals surface area contributed by atoms with E-state index in [0.717, 1.165) is 29.0 Å². The first-order valence-electron chi connectivity index (χ1n) is 6.86. The van der Waals surface area contributed by atoms with Gasteiger partial charge in [-0.3, -0.25) is 0 Å². The zero-order valence-electron chi connectivity index (χ0n) is 11.7. The number of para-hydroxylation sites is 1. The lowest BCUT2D eigenvalue weighted by Crippen LogP contribution is -2.22. The Bertz CT molecular complexity index is 715. The number of aromatic nitrogens is 3. The highest BCUT2D eigenvalue weighted by Crippen LogP contribution is 2.16. The first-order chi connectivity index (χ1) is 9.74. The average Bonchev–Trinajstić information content (AvgIpc) is 2.89. The molecule has 0 amide bonds. The molecule has 1 aromatic carbocycles. The molecule has 0 radical (unpaired) electrons. The summed E-state index contributed by atoms with van der Waals surface area (Å²) >= 11 is 0. The second-order valence-corrected chi connectivity index (χ2v) is 5.14. The lowest BCUT2D eigenvalue weighted by Gasteiger charge is -2.09. The largest absolute Gasteiger partial charge is 0.309 e. The number of nitrogens with zero attached hydrogens (tertiary/aromatic N) is 3. The van der Waals surface area contributed by atoms with Crippen LogP contribution in [0.2, 0.25) is 0 Å². The van der Waals surface area contributed by atoms with E-state index in [2.05, 4.69) is 41.4 Å². The van der Waals surface area contributed by atoms with Crippen molar-refractivity contribution in [3.8, 4) is 5.82 Å². The van der Waals surface area contributed by atoms with Crippen molar-refractivity contribution in [1.29, 1.82) is 0 Å². The number of pyridine rings is 1. The molecule has 0 aliphatic heterocycles. The molecule has 0 fully saturated rings. The van der Waals surface area contributed by atoms with Gasteiger partial charge in [0, 0.05) is 18.0 Å². The van der Waals surface area contributed by atoms with Crippen LogP contribution in [-0.4, -0.2) is 20.8 Å². The van der Waals surface area contributed by atoms with Crippen LogP contribution in [0.4, 0.5) is 0 Å². The molecular weight excluding hydrogens is 248 g/mol. The zero-order valence-corrected chi connectivity index (χ0v) is 11.7. The highest BCUT2D eigenvalue weighted by atomic mass is 15.3. The van der Waals surface area contributed by atoms with Crippen LogP contribution < -0.4 is 5.32 Å². The molecular formula is C16H18N4. The van der Waals surface area contributed by atoms with Gasteiger partial charge in [-0.15, -0.1) is 0 Å². The number of rotatable bonds is 4. The first-order valence-corrected chi connectivity index (χ1v) is 6.86. The second kappa shape index (κ2) is 5.43. The Morgan fingerprint density at radius 1 is 1.10 bits per heavy atom. The Balaban J connectivity index is 1.95. The Morgan fingerprint density at radius 2 is 1.95 bits per heavy atom. The topological polar surface area (TPSA) is 42.7 Å². The molecule has 0 saturated heterocycles. The molecule has 20 heavy (non-hydrogen) atoms. The van der Waals surface area contributed by atoms with Crippen LogP contribution in [0.15, 0.2) is 48.7 Å².